The van der Waals surface area contributed by atoms with E-state index < -0.39 is 26.7 Å². The van der Waals surface area contributed by atoms with Crippen LogP contribution in [0.5, 0.6) is 11.5 Å². The first-order chi connectivity index (χ1) is 18.0. The largest absolute Gasteiger partial charge is 0.505 e. The zero-order valence-corrected chi connectivity index (χ0v) is 22.4. The van der Waals surface area contributed by atoms with Crippen molar-refractivity contribution in [3.8, 4) is 11.5 Å². The second kappa shape index (κ2) is 11.0. The van der Waals surface area contributed by atoms with Crippen LogP contribution in [0.3, 0.4) is 0 Å². The molecular formula is C26H21Cl2N3O6S. The van der Waals surface area contributed by atoms with Gasteiger partial charge in [-0.2, -0.15) is 13.5 Å². The van der Waals surface area contributed by atoms with Gasteiger partial charge in [-0.15, -0.1) is 5.11 Å². The number of carbonyl (C=O) groups excluding carboxylic acids is 1. The van der Waals surface area contributed by atoms with E-state index in [1.165, 1.54) is 25.3 Å². The van der Waals surface area contributed by atoms with Crippen LogP contribution in [0.1, 0.15) is 22.8 Å². The Balaban J connectivity index is 1.78. The number of carbonyl (C=O) groups is 1. The highest BCUT2D eigenvalue weighted by Gasteiger charge is 2.21. The van der Waals surface area contributed by atoms with E-state index in [4.69, 9.17) is 27.9 Å². The van der Waals surface area contributed by atoms with Crippen molar-refractivity contribution in [2.45, 2.75) is 18.2 Å². The van der Waals surface area contributed by atoms with Gasteiger partial charge in [0.05, 0.1) is 34.1 Å². The van der Waals surface area contributed by atoms with Crippen LogP contribution in [0.15, 0.2) is 75.8 Å². The van der Waals surface area contributed by atoms with Gasteiger partial charge < -0.3 is 15.2 Å². The molecule has 0 saturated carbocycles. The van der Waals surface area contributed by atoms with Crippen LogP contribution in [-0.2, 0) is 16.5 Å². The number of fused-ring (bicyclic) bond motifs is 1. The van der Waals surface area contributed by atoms with Crippen LogP contribution < -0.4 is 10.1 Å². The first-order valence-corrected chi connectivity index (χ1v) is 13.3. The molecule has 4 aromatic rings. The minimum Gasteiger partial charge on any atom is -0.505 e. The van der Waals surface area contributed by atoms with Crippen molar-refractivity contribution in [1.29, 1.82) is 0 Å². The average Bonchev–Trinajstić information content (AvgIpc) is 2.87. The Morgan fingerprint density at radius 1 is 1.03 bits per heavy atom. The van der Waals surface area contributed by atoms with Gasteiger partial charge in [0.25, 0.3) is 16.0 Å². The molecule has 4 aromatic carbocycles. The van der Waals surface area contributed by atoms with E-state index >= 15 is 0 Å². The van der Waals surface area contributed by atoms with E-state index in [1.54, 1.807) is 49.4 Å². The number of methoxy groups -OCH3 is 1. The van der Waals surface area contributed by atoms with Gasteiger partial charge in [-0.05, 0) is 47.7 Å². The van der Waals surface area contributed by atoms with Crippen LogP contribution in [-0.4, -0.2) is 31.1 Å². The molecule has 0 atom stereocenters. The molecule has 0 radical (unpaired) electrons. The number of halogens is 2. The number of rotatable bonds is 7. The molecule has 3 N–H and O–H groups in total. The van der Waals surface area contributed by atoms with Crippen molar-refractivity contribution >= 4 is 67.1 Å². The third-order valence-corrected chi connectivity index (χ3v) is 7.39. The molecule has 0 spiro atoms. The Hall–Kier alpha value is -3.70. The molecule has 0 saturated heterocycles. The van der Waals surface area contributed by atoms with Crippen LogP contribution in [0.4, 0.5) is 17.1 Å². The Labute approximate surface area is 228 Å². The fourth-order valence-electron chi connectivity index (χ4n) is 3.86. The van der Waals surface area contributed by atoms with Gasteiger partial charge >= 0.3 is 0 Å². The molecule has 196 valence electrons. The first kappa shape index (κ1) is 27.3. The van der Waals surface area contributed by atoms with Crippen LogP contribution in [0, 0.1) is 0 Å². The molecule has 0 aliphatic rings. The SMILES string of the molecule is CCc1cc(N=Nc2c(O)c(C(=O)Nc3ccc(OC)cc3Cl)cc3ccccc23)cc(Cl)c1S(=O)(=O)O. The molecule has 0 fully saturated rings. The minimum atomic E-state index is -4.55. The molecule has 0 unspecified atom stereocenters. The lowest BCUT2D eigenvalue weighted by Crippen LogP contribution is -2.12. The van der Waals surface area contributed by atoms with Crippen molar-refractivity contribution in [2.24, 2.45) is 10.2 Å². The number of nitrogens with zero attached hydrogens (tertiary/aromatic N) is 2. The normalized spacial score (nSPS) is 11.7. The highest BCUT2D eigenvalue weighted by Crippen LogP contribution is 2.40. The number of phenolic OH excluding ortho intramolecular Hbond substituents is 1. The minimum absolute atomic E-state index is 0.0158. The zero-order valence-electron chi connectivity index (χ0n) is 20.1. The van der Waals surface area contributed by atoms with E-state index in [-0.39, 0.29) is 39.0 Å². The summed E-state index contributed by atoms with van der Waals surface area (Å²) in [6, 6.07) is 15.9. The first-order valence-electron chi connectivity index (χ1n) is 11.1. The second-order valence-electron chi connectivity index (χ2n) is 8.09. The summed E-state index contributed by atoms with van der Waals surface area (Å²) in [4.78, 5) is 12.7. The summed E-state index contributed by atoms with van der Waals surface area (Å²) < 4.78 is 38.1. The van der Waals surface area contributed by atoms with Gasteiger partial charge in [-0.1, -0.05) is 54.4 Å². The fraction of sp³-hybridized carbons (Fsp3) is 0.115. The van der Waals surface area contributed by atoms with E-state index in [9.17, 15) is 22.9 Å². The van der Waals surface area contributed by atoms with E-state index in [0.29, 0.717) is 22.2 Å². The summed E-state index contributed by atoms with van der Waals surface area (Å²) >= 11 is 12.4. The molecule has 0 aliphatic carbocycles. The molecule has 12 heteroatoms. The molecule has 4 rings (SSSR count). The maximum Gasteiger partial charge on any atom is 0.296 e. The highest BCUT2D eigenvalue weighted by atomic mass is 35.5. The van der Waals surface area contributed by atoms with Gasteiger partial charge in [0.2, 0.25) is 0 Å². The Morgan fingerprint density at radius 2 is 1.76 bits per heavy atom. The number of benzene rings is 4. The summed E-state index contributed by atoms with van der Waals surface area (Å²) in [7, 11) is -3.06. The topological polar surface area (TPSA) is 138 Å². The van der Waals surface area contributed by atoms with Gasteiger partial charge in [0, 0.05) is 11.5 Å². The van der Waals surface area contributed by atoms with Crippen LogP contribution >= 0.6 is 23.2 Å². The molecule has 38 heavy (non-hydrogen) atoms. The molecular weight excluding hydrogens is 553 g/mol. The van der Waals surface area contributed by atoms with Crippen molar-refractivity contribution in [2.75, 3.05) is 12.4 Å². The number of ether oxygens (including phenoxy) is 1. The lowest BCUT2D eigenvalue weighted by atomic mass is 10.0. The summed E-state index contributed by atoms with van der Waals surface area (Å²) in [5.41, 5.74) is 0.685. The molecule has 1 amide bonds. The van der Waals surface area contributed by atoms with E-state index in [2.05, 4.69) is 15.5 Å². The third kappa shape index (κ3) is 5.58. The standard InChI is InChI=1S/C26H21Cl2N3O6S/c1-3-14-10-16(12-21(28)25(14)38(34,35)36)30-31-23-18-7-5-4-6-15(18)11-19(24(23)32)26(33)29-22-9-8-17(37-2)13-20(22)27/h4-13,32H,3H2,1-2H3,(H,29,33)(H,34,35,36). The van der Waals surface area contributed by atoms with Crippen molar-refractivity contribution < 1.29 is 27.6 Å². The van der Waals surface area contributed by atoms with E-state index in [1.807, 2.05) is 0 Å². The molecule has 0 aromatic heterocycles. The van der Waals surface area contributed by atoms with E-state index in [0.717, 1.165) is 0 Å². The number of anilines is 1. The number of azo groups is 1. The lowest BCUT2D eigenvalue weighted by molar-refractivity contribution is 0.102. The highest BCUT2D eigenvalue weighted by molar-refractivity contribution is 7.86. The Morgan fingerprint density at radius 3 is 2.42 bits per heavy atom. The number of hydrogen-bond donors (Lipinski definition) is 3. The zero-order chi connectivity index (χ0) is 27.6. The number of aryl methyl sites for hydroxylation is 1. The van der Waals surface area contributed by atoms with Gasteiger partial charge in [0.1, 0.15) is 16.3 Å². The predicted molar refractivity (Wildman–Crippen MR) is 146 cm³/mol. The van der Waals surface area contributed by atoms with Crippen LogP contribution in [0.2, 0.25) is 10.0 Å². The lowest BCUT2D eigenvalue weighted by Gasteiger charge is -2.12. The van der Waals surface area contributed by atoms with Gasteiger partial charge in [0.15, 0.2) is 5.75 Å². The van der Waals surface area contributed by atoms with Crippen molar-refractivity contribution in [3.05, 3.63) is 81.8 Å². The number of aromatic hydroxyl groups is 1. The number of nitrogens with one attached hydrogen (secondary N) is 1. The summed E-state index contributed by atoms with van der Waals surface area (Å²) in [6.07, 6.45) is 0.246. The Bertz CT molecular complexity index is 1710. The summed E-state index contributed by atoms with van der Waals surface area (Å²) in [5, 5.41) is 23.2. The van der Waals surface area contributed by atoms with Crippen LogP contribution in [0.25, 0.3) is 10.8 Å². The third-order valence-electron chi connectivity index (χ3n) is 5.67. The van der Waals surface area contributed by atoms with Crippen molar-refractivity contribution in [3.63, 3.8) is 0 Å². The number of phenols is 1. The monoisotopic (exact) mass is 573 g/mol. The summed E-state index contributed by atoms with van der Waals surface area (Å²) in [5.74, 6) is -0.545. The van der Waals surface area contributed by atoms with Crippen molar-refractivity contribution in [1.82, 2.24) is 0 Å². The average molecular weight is 574 g/mol. The number of amides is 1. The summed E-state index contributed by atoms with van der Waals surface area (Å²) in [6.45, 7) is 1.69. The van der Waals surface area contributed by atoms with Gasteiger partial charge in [-0.3, -0.25) is 9.35 Å². The molecule has 0 heterocycles. The fourth-order valence-corrected chi connectivity index (χ4v) is 5.44. The molecule has 0 aliphatic heterocycles. The second-order valence-corrected chi connectivity index (χ2v) is 10.3. The van der Waals surface area contributed by atoms with Gasteiger partial charge in [-0.25, -0.2) is 0 Å². The number of hydrogen-bond acceptors (Lipinski definition) is 7. The Kier molecular flexibility index (Phi) is 7.89. The molecule has 9 nitrogen and oxygen atoms in total. The maximum absolute atomic E-state index is 13.1. The smallest absolute Gasteiger partial charge is 0.296 e. The predicted octanol–water partition coefficient (Wildman–Crippen LogP) is 7.34. The quantitative estimate of drug-likeness (QED) is 0.156. The maximum atomic E-state index is 13.1. The molecule has 0 bridgehead atoms.